The monoisotopic (exact) mass is 246 g/mol. The summed E-state index contributed by atoms with van der Waals surface area (Å²) in [6, 6.07) is 9.79. The molecule has 0 aliphatic carbocycles. The number of rotatable bonds is 6. The minimum Gasteiger partial charge on any atom is -0.385 e. The van der Waals surface area contributed by atoms with E-state index in [1.54, 1.807) is 4.90 Å². The highest BCUT2D eigenvalue weighted by Crippen LogP contribution is 2.09. The van der Waals surface area contributed by atoms with Crippen LogP contribution in [0.2, 0.25) is 0 Å². The molecule has 96 valence electrons. The molecular formula is C14H18N2O2. The lowest BCUT2D eigenvalue weighted by atomic mass is 10.2. The number of hydrogen-bond donors (Lipinski definition) is 1. The molecule has 0 radical (unpaired) electrons. The van der Waals surface area contributed by atoms with Crippen LogP contribution < -0.4 is 5.32 Å². The number of ketones is 1. The van der Waals surface area contributed by atoms with E-state index in [1.165, 1.54) is 0 Å². The second kappa shape index (κ2) is 6.19. The number of carbonyl (C=O) groups is 2. The first-order chi connectivity index (χ1) is 8.75. The summed E-state index contributed by atoms with van der Waals surface area (Å²) in [6.07, 6.45) is 1.93. The molecule has 1 aromatic carbocycles. The fourth-order valence-electron chi connectivity index (χ4n) is 2.07. The van der Waals surface area contributed by atoms with E-state index in [1.807, 2.05) is 30.3 Å². The fourth-order valence-corrected chi connectivity index (χ4v) is 2.07. The highest BCUT2D eigenvalue weighted by molar-refractivity contribution is 5.87. The molecule has 2 rings (SSSR count). The Hall–Kier alpha value is -1.84. The van der Waals surface area contributed by atoms with Crippen LogP contribution in [0.15, 0.2) is 30.3 Å². The van der Waals surface area contributed by atoms with E-state index in [-0.39, 0.29) is 18.2 Å². The number of likely N-dealkylation sites (tertiary alicyclic amines) is 1. The number of Topliss-reactive ketones (excluding diaryl/α,β-unsaturated/α-hetero) is 1. The van der Waals surface area contributed by atoms with Crippen molar-refractivity contribution in [3.8, 4) is 0 Å². The number of nitrogens with zero attached hydrogens (tertiary/aromatic N) is 1. The molecule has 4 nitrogen and oxygen atoms in total. The smallest absolute Gasteiger partial charge is 0.223 e. The van der Waals surface area contributed by atoms with Crippen molar-refractivity contribution in [1.29, 1.82) is 0 Å². The third-order valence-electron chi connectivity index (χ3n) is 3.05. The number of hydrogen-bond acceptors (Lipinski definition) is 3. The molecule has 1 saturated heterocycles. The van der Waals surface area contributed by atoms with Crippen molar-refractivity contribution in [3.05, 3.63) is 30.3 Å². The minimum absolute atomic E-state index is 0.111. The zero-order chi connectivity index (χ0) is 12.8. The topological polar surface area (TPSA) is 49.4 Å². The summed E-state index contributed by atoms with van der Waals surface area (Å²) < 4.78 is 0. The van der Waals surface area contributed by atoms with Crippen LogP contribution in [0, 0.1) is 0 Å². The fraction of sp³-hybridized carbons (Fsp3) is 0.429. The molecule has 1 N–H and O–H groups in total. The van der Waals surface area contributed by atoms with Crippen molar-refractivity contribution in [1.82, 2.24) is 4.90 Å². The first kappa shape index (κ1) is 12.6. The van der Waals surface area contributed by atoms with Gasteiger partial charge < -0.3 is 10.2 Å². The van der Waals surface area contributed by atoms with Crippen molar-refractivity contribution < 1.29 is 9.59 Å². The van der Waals surface area contributed by atoms with Crippen molar-refractivity contribution in [2.45, 2.75) is 19.3 Å². The van der Waals surface area contributed by atoms with Gasteiger partial charge in [-0.25, -0.2) is 0 Å². The highest BCUT2D eigenvalue weighted by atomic mass is 16.2. The highest BCUT2D eigenvalue weighted by Gasteiger charge is 2.21. The second-order valence-corrected chi connectivity index (χ2v) is 4.50. The molecule has 0 saturated carbocycles. The number of anilines is 1. The maximum absolute atomic E-state index is 11.7. The van der Waals surface area contributed by atoms with Gasteiger partial charge in [0.05, 0.1) is 6.54 Å². The summed E-state index contributed by atoms with van der Waals surface area (Å²) in [6.45, 7) is 1.62. The molecule has 1 aliphatic heterocycles. The Morgan fingerprint density at radius 2 is 2.06 bits per heavy atom. The van der Waals surface area contributed by atoms with Gasteiger partial charge in [-0.05, 0) is 18.6 Å². The average molecular weight is 246 g/mol. The minimum atomic E-state index is 0.111. The lowest BCUT2D eigenvalue weighted by Crippen LogP contribution is -2.31. The van der Waals surface area contributed by atoms with Gasteiger partial charge in [-0.1, -0.05) is 18.2 Å². The Labute approximate surface area is 107 Å². The lowest BCUT2D eigenvalue weighted by molar-refractivity contribution is -0.132. The zero-order valence-corrected chi connectivity index (χ0v) is 10.4. The normalized spacial score (nSPS) is 14.9. The number of carbonyl (C=O) groups excluding carboxylic acids is 2. The summed E-state index contributed by atoms with van der Waals surface area (Å²) in [5, 5.41) is 3.19. The third-order valence-corrected chi connectivity index (χ3v) is 3.05. The van der Waals surface area contributed by atoms with Gasteiger partial charge >= 0.3 is 0 Å². The molecule has 1 fully saturated rings. The van der Waals surface area contributed by atoms with E-state index >= 15 is 0 Å². The van der Waals surface area contributed by atoms with Crippen LogP contribution in [-0.2, 0) is 9.59 Å². The molecule has 0 unspecified atom stereocenters. The SMILES string of the molecule is O=C(CCNc1ccccc1)CN1CCCC1=O. The van der Waals surface area contributed by atoms with E-state index in [2.05, 4.69) is 5.32 Å². The predicted octanol–water partition coefficient (Wildman–Crippen LogP) is 1.68. The Morgan fingerprint density at radius 1 is 1.28 bits per heavy atom. The number of amides is 1. The van der Waals surface area contributed by atoms with Crippen LogP contribution >= 0.6 is 0 Å². The predicted molar refractivity (Wildman–Crippen MR) is 70.4 cm³/mol. The summed E-state index contributed by atoms with van der Waals surface area (Å²) in [7, 11) is 0. The summed E-state index contributed by atoms with van der Waals surface area (Å²) >= 11 is 0. The van der Waals surface area contributed by atoms with Gasteiger partial charge in [-0.2, -0.15) is 0 Å². The van der Waals surface area contributed by atoms with E-state index in [9.17, 15) is 9.59 Å². The average Bonchev–Trinajstić information content (AvgIpc) is 2.76. The van der Waals surface area contributed by atoms with Crippen LogP contribution in [0.3, 0.4) is 0 Å². The Kier molecular flexibility index (Phi) is 4.34. The van der Waals surface area contributed by atoms with E-state index in [4.69, 9.17) is 0 Å². The maximum Gasteiger partial charge on any atom is 0.223 e. The van der Waals surface area contributed by atoms with Gasteiger partial charge in [0.1, 0.15) is 0 Å². The van der Waals surface area contributed by atoms with Crippen LogP contribution in [-0.4, -0.2) is 36.2 Å². The van der Waals surface area contributed by atoms with Crippen LogP contribution in [0.25, 0.3) is 0 Å². The van der Waals surface area contributed by atoms with Gasteiger partial charge in [0.15, 0.2) is 5.78 Å². The van der Waals surface area contributed by atoms with Crippen LogP contribution in [0.5, 0.6) is 0 Å². The molecule has 0 spiro atoms. The third kappa shape index (κ3) is 3.58. The van der Waals surface area contributed by atoms with Gasteiger partial charge in [0.25, 0.3) is 0 Å². The Balaban J connectivity index is 1.67. The van der Waals surface area contributed by atoms with E-state index < -0.39 is 0 Å². The van der Waals surface area contributed by atoms with Crippen molar-refractivity contribution in [3.63, 3.8) is 0 Å². The molecule has 1 aliphatic rings. The Bertz CT molecular complexity index is 417. The van der Waals surface area contributed by atoms with Crippen molar-refractivity contribution in [2.75, 3.05) is 25.0 Å². The number of para-hydroxylation sites is 1. The first-order valence-electron chi connectivity index (χ1n) is 6.34. The largest absolute Gasteiger partial charge is 0.385 e. The Morgan fingerprint density at radius 3 is 2.72 bits per heavy atom. The quantitative estimate of drug-likeness (QED) is 0.830. The standard InChI is InChI=1S/C14H18N2O2/c17-13(11-16-10-4-7-14(16)18)8-9-15-12-5-2-1-3-6-12/h1-3,5-6,15H,4,7-11H2. The first-order valence-corrected chi connectivity index (χ1v) is 6.34. The van der Waals surface area contributed by atoms with Gasteiger partial charge in [-0.15, -0.1) is 0 Å². The number of nitrogens with one attached hydrogen (secondary N) is 1. The number of benzene rings is 1. The lowest BCUT2D eigenvalue weighted by Gasteiger charge is -2.14. The van der Waals surface area contributed by atoms with Gasteiger partial charge in [0.2, 0.25) is 5.91 Å². The van der Waals surface area contributed by atoms with Crippen LogP contribution in [0.1, 0.15) is 19.3 Å². The van der Waals surface area contributed by atoms with Crippen LogP contribution in [0.4, 0.5) is 5.69 Å². The molecule has 4 heteroatoms. The molecule has 0 atom stereocenters. The van der Waals surface area contributed by atoms with Gasteiger partial charge in [-0.3, -0.25) is 9.59 Å². The molecule has 1 aromatic rings. The summed E-state index contributed by atoms with van der Waals surface area (Å²) in [5.41, 5.74) is 1.02. The molecule has 0 aromatic heterocycles. The van der Waals surface area contributed by atoms with Crippen molar-refractivity contribution in [2.24, 2.45) is 0 Å². The zero-order valence-electron chi connectivity index (χ0n) is 10.4. The molecular weight excluding hydrogens is 228 g/mol. The van der Waals surface area contributed by atoms with E-state index in [0.29, 0.717) is 19.4 Å². The van der Waals surface area contributed by atoms with E-state index in [0.717, 1.165) is 18.7 Å². The second-order valence-electron chi connectivity index (χ2n) is 4.50. The molecule has 1 amide bonds. The summed E-state index contributed by atoms with van der Waals surface area (Å²) in [4.78, 5) is 24.7. The molecule has 18 heavy (non-hydrogen) atoms. The van der Waals surface area contributed by atoms with Crippen molar-refractivity contribution >= 4 is 17.4 Å². The van der Waals surface area contributed by atoms with Gasteiger partial charge in [0, 0.05) is 31.6 Å². The molecule has 1 heterocycles. The maximum atomic E-state index is 11.7. The molecule has 0 bridgehead atoms. The summed E-state index contributed by atoms with van der Waals surface area (Å²) in [5.74, 6) is 0.230.